The van der Waals surface area contributed by atoms with E-state index in [2.05, 4.69) is 5.32 Å². The molecule has 0 aliphatic heterocycles. The molecule has 1 saturated carbocycles. The summed E-state index contributed by atoms with van der Waals surface area (Å²) in [7, 11) is 0. The number of hydrogen-bond acceptors (Lipinski definition) is 3. The zero-order chi connectivity index (χ0) is 13.8. The van der Waals surface area contributed by atoms with Crippen LogP contribution in [0.25, 0.3) is 0 Å². The summed E-state index contributed by atoms with van der Waals surface area (Å²) < 4.78 is 0. The lowest BCUT2D eigenvalue weighted by Gasteiger charge is -2.15. The van der Waals surface area contributed by atoms with Crippen LogP contribution in [0.15, 0.2) is 29.2 Å². The molecule has 0 radical (unpaired) electrons. The van der Waals surface area contributed by atoms with E-state index in [-0.39, 0.29) is 5.91 Å². The highest BCUT2D eigenvalue weighted by Crippen LogP contribution is 2.33. The summed E-state index contributed by atoms with van der Waals surface area (Å²) in [5, 5.41) is 11.9. The molecule has 4 nitrogen and oxygen atoms in total. The van der Waals surface area contributed by atoms with Crippen molar-refractivity contribution in [3.63, 3.8) is 0 Å². The Morgan fingerprint density at radius 3 is 2.42 bits per heavy atom. The van der Waals surface area contributed by atoms with E-state index in [9.17, 15) is 9.59 Å². The van der Waals surface area contributed by atoms with Gasteiger partial charge < -0.3 is 10.4 Å². The molecule has 2 rings (SSSR count). The SMILES string of the molecule is CSc1ccc(NC(=O)[C@@H]2CCC[C@@H]2C(=O)O)cc1. The number of hydrogen-bond donors (Lipinski definition) is 2. The average Bonchev–Trinajstić information content (AvgIpc) is 2.89. The Labute approximate surface area is 116 Å². The third kappa shape index (κ3) is 3.29. The van der Waals surface area contributed by atoms with Crippen molar-refractivity contribution in [2.24, 2.45) is 11.8 Å². The lowest BCUT2D eigenvalue weighted by Crippen LogP contribution is -2.29. The lowest BCUT2D eigenvalue weighted by atomic mass is 9.95. The highest BCUT2D eigenvalue weighted by atomic mass is 32.2. The first kappa shape index (κ1) is 13.9. The monoisotopic (exact) mass is 279 g/mol. The number of thioether (sulfide) groups is 1. The number of carboxylic acid groups (broad SMARTS) is 1. The summed E-state index contributed by atoms with van der Waals surface area (Å²) in [6.45, 7) is 0. The van der Waals surface area contributed by atoms with E-state index >= 15 is 0 Å². The van der Waals surface area contributed by atoms with Crippen LogP contribution in [0.4, 0.5) is 5.69 Å². The zero-order valence-corrected chi connectivity index (χ0v) is 11.6. The normalized spacial score (nSPS) is 22.2. The van der Waals surface area contributed by atoms with Gasteiger partial charge in [-0.2, -0.15) is 0 Å². The quantitative estimate of drug-likeness (QED) is 0.832. The van der Waals surface area contributed by atoms with E-state index in [0.717, 1.165) is 17.0 Å². The Morgan fingerprint density at radius 2 is 1.84 bits per heavy atom. The highest BCUT2D eigenvalue weighted by molar-refractivity contribution is 7.98. The van der Waals surface area contributed by atoms with E-state index < -0.39 is 17.8 Å². The molecule has 0 aromatic heterocycles. The molecular weight excluding hydrogens is 262 g/mol. The fraction of sp³-hybridized carbons (Fsp3) is 0.429. The molecular formula is C14H17NO3S. The first-order valence-electron chi connectivity index (χ1n) is 6.29. The predicted molar refractivity (Wildman–Crippen MR) is 75.3 cm³/mol. The number of benzene rings is 1. The van der Waals surface area contributed by atoms with Gasteiger partial charge in [-0.15, -0.1) is 11.8 Å². The van der Waals surface area contributed by atoms with Crippen LogP contribution in [0.3, 0.4) is 0 Å². The fourth-order valence-corrected chi connectivity index (χ4v) is 2.89. The Kier molecular flexibility index (Phi) is 4.47. The summed E-state index contributed by atoms with van der Waals surface area (Å²) in [5.74, 6) is -1.99. The Morgan fingerprint density at radius 1 is 1.21 bits per heavy atom. The summed E-state index contributed by atoms with van der Waals surface area (Å²) in [6.07, 6.45) is 4.05. The third-order valence-electron chi connectivity index (χ3n) is 3.53. The number of nitrogens with one attached hydrogen (secondary N) is 1. The van der Waals surface area contributed by atoms with Gasteiger partial charge in [-0.25, -0.2) is 0 Å². The van der Waals surface area contributed by atoms with Crippen LogP contribution in [-0.2, 0) is 9.59 Å². The van der Waals surface area contributed by atoms with Gasteiger partial charge in [0.25, 0.3) is 0 Å². The summed E-state index contributed by atoms with van der Waals surface area (Å²) in [6, 6.07) is 7.55. The molecule has 1 aliphatic rings. The molecule has 1 amide bonds. The molecule has 102 valence electrons. The van der Waals surface area contributed by atoms with E-state index in [4.69, 9.17) is 5.11 Å². The molecule has 0 unspecified atom stereocenters. The van der Waals surface area contributed by atoms with Crippen LogP contribution >= 0.6 is 11.8 Å². The van der Waals surface area contributed by atoms with Gasteiger partial charge in [0.15, 0.2) is 0 Å². The van der Waals surface area contributed by atoms with Crippen molar-refractivity contribution < 1.29 is 14.7 Å². The van der Waals surface area contributed by atoms with Crippen molar-refractivity contribution in [2.75, 3.05) is 11.6 Å². The maximum atomic E-state index is 12.1. The Bertz CT molecular complexity index is 472. The maximum Gasteiger partial charge on any atom is 0.307 e. The van der Waals surface area contributed by atoms with Crippen molar-refractivity contribution in [3.8, 4) is 0 Å². The summed E-state index contributed by atoms with van der Waals surface area (Å²) in [4.78, 5) is 24.3. The number of carboxylic acids is 1. The van der Waals surface area contributed by atoms with Crippen molar-refractivity contribution in [2.45, 2.75) is 24.2 Å². The number of amides is 1. The standard InChI is InChI=1S/C14H17NO3S/c1-19-10-7-5-9(6-8-10)15-13(16)11-3-2-4-12(11)14(17)18/h5-8,11-12H,2-4H2,1H3,(H,15,16)(H,17,18)/t11-,12+/m1/s1. The topological polar surface area (TPSA) is 66.4 Å². The van der Waals surface area contributed by atoms with Crippen molar-refractivity contribution in [3.05, 3.63) is 24.3 Å². The van der Waals surface area contributed by atoms with Crippen LogP contribution in [0.5, 0.6) is 0 Å². The molecule has 5 heteroatoms. The molecule has 1 aromatic rings. The van der Waals surface area contributed by atoms with Crippen LogP contribution in [0.2, 0.25) is 0 Å². The molecule has 0 spiro atoms. The lowest BCUT2D eigenvalue weighted by molar-refractivity contribution is -0.145. The molecule has 1 fully saturated rings. The maximum absolute atomic E-state index is 12.1. The van der Waals surface area contributed by atoms with E-state index in [1.807, 2.05) is 30.5 Å². The van der Waals surface area contributed by atoms with Gasteiger partial charge in [-0.1, -0.05) is 6.42 Å². The molecule has 2 N–H and O–H groups in total. The van der Waals surface area contributed by atoms with Crippen LogP contribution in [-0.4, -0.2) is 23.2 Å². The molecule has 1 aliphatic carbocycles. The number of carbonyl (C=O) groups excluding carboxylic acids is 1. The molecule has 0 bridgehead atoms. The predicted octanol–water partition coefficient (Wildman–Crippen LogP) is 2.85. The van der Waals surface area contributed by atoms with Gasteiger partial charge in [0.1, 0.15) is 0 Å². The minimum atomic E-state index is -0.865. The molecule has 0 heterocycles. The Balaban J connectivity index is 2.01. The third-order valence-corrected chi connectivity index (χ3v) is 4.27. The largest absolute Gasteiger partial charge is 0.481 e. The molecule has 2 atom stereocenters. The highest BCUT2D eigenvalue weighted by Gasteiger charge is 2.37. The Hall–Kier alpha value is -1.49. The van der Waals surface area contributed by atoms with Gasteiger partial charge in [-0.05, 0) is 43.4 Å². The molecule has 0 saturated heterocycles. The van der Waals surface area contributed by atoms with Crippen LogP contribution < -0.4 is 5.32 Å². The minimum absolute atomic E-state index is 0.179. The second kappa shape index (κ2) is 6.10. The van der Waals surface area contributed by atoms with Crippen LogP contribution in [0.1, 0.15) is 19.3 Å². The number of carbonyl (C=O) groups is 2. The van der Waals surface area contributed by atoms with Crippen LogP contribution in [0, 0.1) is 11.8 Å². The second-order valence-electron chi connectivity index (χ2n) is 4.70. The fourth-order valence-electron chi connectivity index (χ4n) is 2.48. The number of rotatable bonds is 4. The van der Waals surface area contributed by atoms with Gasteiger partial charge in [-0.3, -0.25) is 9.59 Å². The summed E-state index contributed by atoms with van der Waals surface area (Å²) in [5.41, 5.74) is 0.721. The van der Waals surface area contributed by atoms with Gasteiger partial charge >= 0.3 is 5.97 Å². The van der Waals surface area contributed by atoms with E-state index in [1.165, 1.54) is 0 Å². The van der Waals surface area contributed by atoms with Crippen molar-refractivity contribution in [1.29, 1.82) is 0 Å². The molecule has 1 aromatic carbocycles. The second-order valence-corrected chi connectivity index (χ2v) is 5.58. The number of aliphatic carboxylic acids is 1. The van der Waals surface area contributed by atoms with Crippen molar-refractivity contribution >= 4 is 29.3 Å². The van der Waals surface area contributed by atoms with Gasteiger partial charge in [0, 0.05) is 10.6 Å². The zero-order valence-electron chi connectivity index (χ0n) is 10.8. The first-order valence-corrected chi connectivity index (χ1v) is 7.52. The minimum Gasteiger partial charge on any atom is -0.481 e. The molecule has 19 heavy (non-hydrogen) atoms. The number of anilines is 1. The van der Waals surface area contributed by atoms with Crippen molar-refractivity contribution in [1.82, 2.24) is 0 Å². The smallest absolute Gasteiger partial charge is 0.307 e. The average molecular weight is 279 g/mol. The van der Waals surface area contributed by atoms with E-state index in [1.54, 1.807) is 11.8 Å². The van der Waals surface area contributed by atoms with E-state index in [0.29, 0.717) is 12.8 Å². The van der Waals surface area contributed by atoms with Gasteiger partial charge in [0.05, 0.1) is 11.8 Å². The summed E-state index contributed by atoms with van der Waals surface area (Å²) >= 11 is 1.64. The van der Waals surface area contributed by atoms with Gasteiger partial charge in [0.2, 0.25) is 5.91 Å². The first-order chi connectivity index (χ1) is 9.11.